The first-order chi connectivity index (χ1) is 12.7. The van der Waals surface area contributed by atoms with Gasteiger partial charge < -0.3 is 15.0 Å². The highest BCUT2D eigenvalue weighted by molar-refractivity contribution is 5.79. The Balaban J connectivity index is 1.62. The lowest BCUT2D eigenvalue weighted by atomic mass is 10.1. The van der Waals surface area contributed by atoms with Crippen molar-refractivity contribution < 1.29 is 4.74 Å². The minimum absolute atomic E-state index is 0.592. The van der Waals surface area contributed by atoms with Crippen LogP contribution in [0.15, 0.2) is 41.9 Å². The van der Waals surface area contributed by atoms with Gasteiger partial charge >= 0.3 is 0 Å². The normalized spacial score (nSPS) is 17.5. The van der Waals surface area contributed by atoms with Crippen LogP contribution in [0.4, 0.5) is 0 Å². The lowest BCUT2D eigenvalue weighted by molar-refractivity contribution is 0.181. The van der Waals surface area contributed by atoms with Crippen molar-refractivity contribution in [2.75, 3.05) is 33.4 Å². The second kappa shape index (κ2) is 9.33. The van der Waals surface area contributed by atoms with Crippen LogP contribution in [0.5, 0.6) is 0 Å². The van der Waals surface area contributed by atoms with Gasteiger partial charge in [-0.3, -0.25) is 0 Å². The molecule has 0 radical (unpaired) electrons. The zero-order valence-electron chi connectivity index (χ0n) is 15.6. The van der Waals surface area contributed by atoms with Gasteiger partial charge in [0.1, 0.15) is 12.7 Å². The van der Waals surface area contributed by atoms with Crippen LogP contribution in [0.3, 0.4) is 0 Å². The Bertz CT molecular complexity index is 694. The van der Waals surface area contributed by atoms with Gasteiger partial charge in [-0.05, 0) is 24.5 Å². The van der Waals surface area contributed by atoms with E-state index in [1.54, 1.807) is 12.7 Å². The third-order valence-electron chi connectivity index (χ3n) is 4.47. The van der Waals surface area contributed by atoms with Crippen molar-refractivity contribution in [3.63, 3.8) is 0 Å². The van der Waals surface area contributed by atoms with Gasteiger partial charge in [0.25, 0.3) is 0 Å². The molecular formula is C19H28N6O. The first kappa shape index (κ1) is 18.4. The number of nitrogens with one attached hydrogen (secondary N) is 1. The first-order valence-corrected chi connectivity index (χ1v) is 9.22. The number of benzene rings is 1. The number of aliphatic imine (C=N–C) groups is 1. The van der Waals surface area contributed by atoms with E-state index in [-0.39, 0.29) is 0 Å². The molecule has 0 aliphatic carbocycles. The molecule has 0 spiro atoms. The Morgan fingerprint density at radius 3 is 3.04 bits per heavy atom. The molecule has 0 saturated carbocycles. The highest BCUT2D eigenvalue weighted by Crippen LogP contribution is 2.13. The van der Waals surface area contributed by atoms with Gasteiger partial charge in [0.15, 0.2) is 5.96 Å². The topological polar surface area (TPSA) is 67.6 Å². The third-order valence-corrected chi connectivity index (χ3v) is 4.47. The molecule has 1 unspecified atom stereocenters. The molecule has 1 aliphatic heterocycles. The maximum atomic E-state index is 5.48. The maximum Gasteiger partial charge on any atom is 0.193 e. The van der Waals surface area contributed by atoms with E-state index in [1.165, 1.54) is 11.1 Å². The summed E-state index contributed by atoms with van der Waals surface area (Å²) in [5.41, 5.74) is 2.39. The second-order valence-electron chi connectivity index (χ2n) is 6.69. The fraction of sp³-hybridized carbons (Fsp3) is 0.526. The quantitative estimate of drug-likeness (QED) is 0.605. The molecule has 1 fully saturated rings. The Morgan fingerprint density at radius 1 is 1.42 bits per heavy atom. The molecule has 2 aromatic rings. The Hall–Kier alpha value is -2.41. The molecule has 1 N–H and O–H groups in total. The van der Waals surface area contributed by atoms with Crippen LogP contribution in [0.2, 0.25) is 0 Å². The molecule has 1 atom stereocenters. The standard InChI is InChI=1S/C19H28N6O/c1-3-21-19(24(2)11-18-7-8-26-13-18)22-10-16-5-4-6-17(9-16)12-25-15-20-14-23-25/h4-6,9,14-15,18H,3,7-8,10-13H2,1-2H3,(H,21,22). The van der Waals surface area contributed by atoms with Gasteiger partial charge in [-0.25, -0.2) is 14.7 Å². The zero-order valence-corrected chi connectivity index (χ0v) is 15.6. The first-order valence-electron chi connectivity index (χ1n) is 9.22. The van der Waals surface area contributed by atoms with Crippen molar-refractivity contribution in [2.45, 2.75) is 26.4 Å². The summed E-state index contributed by atoms with van der Waals surface area (Å²) >= 11 is 0. The van der Waals surface area contributed by atoms with E-state index in [0.717, 1.165) is 45.2 Å². The van der Waals surface area contributed by atoms with Crippen molar-refractivity contribution in [2.24, 2.45) is 10.9 Å². The number of aromatic nitrogens is 3. The summed E-state index contributed by atoms with van der Waals surface area (Å²) in [4.78, 5) is 11.0. The molecule has 140 valence electrons. The molecule has 1 saturated heterocycles. The monoisotopic (exact) mass is 356 g/mol. The second-order valence-corrected chi connectivity index (χ2v) is 6.69. The predicted molar refractivity (Wildman–Crippen MR) is 102 cm³/mol. The van der Waals surface area contributed by atoms with E-state index in [1.807, 2.05) is 4.68 Å². The highest BCUT2D eigenvalue weighted by atomic mass is 16.5. The van der Waals surface area contributed by atoms with Crippen molar-refractivity contribution >= 4 is 5.96 Å². The molecule has 7 heteroatoms. The van der Waals surface area contributed by atoms with Gasteiger partial charge in [0.05, 0.1) is 19.7 Å². The van der Waals surface area contributed by atoms with E-state index in [9.17, 15) is 0 Å². The molecule has 1 aromatic heterocycles. The van der Waals surface area contributed by atoms with E-state index in [4.69, 9.17) is 9.73 Å². The third kappa shape index (κ3) is 5.29. The SMILES string of the molecule is CCNC(=NCc1cccc(Cn2cncn2)c1)N(C)CC1CCOC1. The summed E-state index contributed by atoms with van der Waals surface area (Å²) in [6.07, 6.45) is 4.42. The highest BCUT2D eigenvalue weighted by Gasteiger charge is 2.19. The van der Waals surface area contributed by atoms with Crippen molar-refractivity contribution in [1.29, 1.82) is 0 Å². The van der Waals surface area contributed by atoms with E-state index >= 15 is 0 Å². The Morgan fingerprint density at radius 2 is 2.31 bits per heavy atom. The van der Waals surface area contributed by atoms with Crippen molar-refractivity contribution in [1.82, 2.24) is 25.0 Å². The van der Waals surface area contributed by atoms with Crippen LogP contribution in [-0.2, 0) is 17.8 Å². The summed E-state index contributed by atoms with van der Waals surface area (Å²) in [5, 5.41) is 7.55. The molecule has 3 rings (SSSR count). The molecule has 0 amide bonds. The molecule has 2 heterocycles. The zero-order chi connectivity index (χ0) is 18.2. The van der Waals surface area contributed by atoms with Gasteiger partial charge in [-0.15, -0.1) is 0 Å². The molecule has 0 bridgehead atoms. The minimum Gasteiger partial charge on any atom is -0.381 e. The molecule has 7 nitrogen and oxygen atoms in total. The minimum atomic E-state index is 0.592. The summed E-state index contributed by atoms with van der Waals surface area (Å²) in [7, 11) is 2.10. The fourth-order valence-corrected chi connectivity index (χ4v) is 3.16. The number of hydrogen-bond donors (Lipinski definition) is 1. The number of nitrogens with zero attached hydrogens (tertiary/aromatic N) is 5. The fourth-order valence-electron chi connectivity index (χ4n) is 3.16. The van der Waals surface area contributed by atoms with Crippen LogP contribution in [-0.4, -0.2) is 59.0 Å². The van der Waals surface area contributed by atoms with E-state index in [0.29, 0.717) is 12.5 Å². The maximum absolute atomic E-state index is 5.48. The average Bonchev–Trinajstić information content (AvgIpc) is 3.33. The number of hydrogen-bond acceptors (Lipinski definition) is 4. The van der Waals surface area contributed by atoms with E-state index in [2.05, 4.69) is 58.5 Å². The average molecular weight is 356 g/mol. The predicted octanol–water partition coefficient (Wildman–Crippen LogP) is 1.76. The lowest BCUT2D eigenvalue weighted by Crippen LogP contribution is -2.41. The molecule has 1 aliphatic rings. The van der Waals surface area contributed by atoms with Gasteiger partial charge in [-0.2, -0.15) is 5.10 Å². The van der Waals surface area contributed by atoms with E-state index < -0.39 is 0 Å². The van der Waals surface area contributed by atoms with Crippen LogP contribution in [0.1, 0.15) is 24.5 Å². The van der Waals surface area contributed by atoms with Crippen LogP contribution >= 0.6 is 0 Å². The summed E-state index contributed by atoms with van der Waals surface area (Å²) in [5.74, 6) is 1.54. The number of ether oxygens (including phenoxy) is 1. The summed E-state index contributed by atoms with van der Waals surface area (Å²) in [6.45, 7) is 7.03. The van der Waals surface area contributed by atoms with Gasteiger partial charge in [-0.1, -0.05) is 24.3 Å². The largest absolute Gasteiger partial charge is 0.381 e. The molecular weight excluding hydrogens is 328 g/mol. The number of rotatable bonds is 7. The van der Waals surface area contributed by atoms with Crippen molar-refractivity contribution in [3.05, 3.63) is 48.0 Å². The van der Waals surface area contributed by atoms with Crippen LogP contribution in [0, 0.1) is 5.92 Å². The summed E-state index contributed by atoms with van der Waals surface area (Å²) < 4.78 is 7.31. The Kier molecular flexibility index (Phi) is 6.60. The molecule has 1 aromatic carbocycles. The van der Waals surface area contributed by atoms with Gasteiger partial charge in [0, 0.05) is 32.7 Å². The smallest absolute Gasteiger partial charge is 0.193 e. The molecule has 26 heavy (non-hydrogen) atoms. The van der Waals surface area contributed by atoms with Gasteiger partial charge in [0.2, 0.25) is 0 Å². The van der Waals surface area contributed by atoms with Crippen LogP contribution in [0.25, 0.3) is 0 Å². The summed E-state index contributed by atoms with van der Waals surface area (Å²) in [6, 6.07) is 8.47. The Labute approximate surface area is 155 Å². The van der Waals surface area contributed by atoms with Crippen molar-refractivity contribution in [3.8, 4) is 0 Å². The lowest BCUT2D eigenvalue weighted by Gasteiger charge is -2.24. The van der Waals surface area contributed by atoms with Crippen LogP contribution < -0.4 is 5.32 Å². The number of guanidine groups is 1.